The summed E-state index contributed by atoms with van der Waals surface area (Å²) in [6, 6.07) is 13.5. The minimum atomic E-state index is -0.312. The van der Waals surface area contributed by atoms with Crippen molar-refractivity contribution in [2.45, 2.75) is 32.4 Å². The molecule has 0 aliphatic carbocycles. The maximum Gasteiger partial charge on any atom is 0.220 e. The van der Waals surface area contributed by atoms with Crippen LogP contribution in [0.25, 0.3) is 11.3 Å². The fraction of sp³-hybridized carbons (Fsp3) is 0.467. The van der Waals surface area contributed by atoms with E-state index in [2.05, 4.69) is 25.8 Å². The first-order chi connectivity index (χ1) is 19.3. The molecule has 1 aromatic carbocycles. The molecule has 2 saturated heterocycles. The van der Waals surface area contributed by atoms with Gasteiger partial charge in [0.25, 0.3) is 0 Å². The lowest BCUT2D eigenvalue weighted by molar-refractivity contribution is 0.122. The normalized spacial score (nSPS) is 18.2. The lowest BCUT2D eigenvalue weighted by Crippen LogP contribution is -2.48. The number of nitrogens with two attached hydrogens (primary N) is 1. The van der Waals surface area contributed by atoms with Crippen molar-refractivity contribution in [2.75, 3.05) is 57.3 Å². The van der Waals surface area contributed by atoms with Crippen LogP contribution < -0.4 is 15.4 Å². The molecule has 0 spiro atoms. The van der Waals surface area contributed by atoms with Crippen molar-refractivity contribution < 1.29 is 9.84 Å². The second-order valence-corrected chi connectivity index (χ2v) is 11.8. The molecule has 8 nitrogen and oxygen atoms in total. The zero-order valence-electron chi connectivity index (χ0n) is 23.0. The molecular weight excluding hydrogens is 547 g/mol. The van der Waals surface area contributed by atoms with Crippen LogP contribution in [0.3, 0.4) is 0 Å². The van der Waals surface area contributed by atoms with Crippen molar-refractivity contribution in [1.82, 2.24) is 19.8 Å². The highest BCUT2D eigenvalue weighted by molar-refractivity contribution is 6.35. The standard InChI is InChI=1S/C30H38Cl2N6O2/c1-21(39)19-37-8-10-38(11-9-37)29-3-2-27(18-34-29)40-30-13-23(20-36-6-4-22(17-33)5-7-36)12-28(35-30)24-14-25(31)16-26(32)15-24/h2-3,12-16,18,21-22,39H,4-11,17,19-20,33H2,1H3. The Kier molecular flexibility index (Phi) is 9.78. The fourth-order valence-electron chi connectivity index (χ4n) is 5.46. The molecular formula is C30H38Cl2N6O2. The van der Waals surface area contributed by atoms with E-state index in [1.54, 1.807) is 12.3 Å². The van der Waals surface area contributed by atoms with E-state index in [0.717, 1.165) is 87.8 Å². The summed E-state index contributed by atoms with van der Waals surface area (Å²) in [5.41, 5.74) is 8.61. The summed E-state index contributed by atoms with van der Waals surface area (Å²) in [4.78, 5) is 16.5. The number of halogens is 2. The monoisotopic (exact) mass is 584 g/mol. The van der Waals surface area contributed by atoms with E-state index in [1.165, 1.54) is 0 Å². The van der Waals surface area contributed by atoms with Gasteiger partial charge in [0.15, 0.2) is 0 Å². The predicted molar refractivity (Wildman–Crippen MR) is 161 cm³/mol. The number of aromatic nitrogens is 2. The number of pyridine rings is 2. The largest absolute Gasteiger partial charge is 0.437 e. The number of nitrogens with zero attached hydrogens (tertiary/aromatic N) is 5. The number of aliphatic hydroxyl groups is 1. The molecule has 5 rings (SSSR count). The molecule has 4 heterocycles. The van der Waals surface area contributed by atoms with Crippen LogP contribution in [-0.2, 0) is 6.54 Å². The van der Waals surface area contributed by atoms with Gasteiger partial charge in [0.1, 0.15) is 11.6 Å². The quantitative estimate of drug-likeness (QED) is 0.366. The van der Waals surface area contributed by atoms with Gasteiger partial charge in [0.2, 0.25) is 5.88 Å². The van der Waals surface area contributed by atoms with Crippen LogP contribution in [0.2, 0.25) is 10.0 Å². The Bertz CT molecular complexity index is 1240. The number of likely N-dealkylation sites (tertiary alicyclic amines) is 1. The van der Waals surface area contributed by atoms with Gasteiger partial charge in [0, 0.05) is 60.9 Å². The summed E-state index contributed by atoms with van der Waals surface area (Å²) in [6.07, 6.45) is 3.68. The average molecular weight is 586 g/mol. The Morgan fingerprint density at radius 2 is 1.70 bits per heavy atom. The lowest BCUT2D eigenvalue weighted by Gasteiger charge is -2.35. The first kappa shape index (κ1) is 29.0. The Morgan fingerprint density at radius 3 is 2.33 bits per heavy atom. The Balaban J connectivity index is 1.32. The second kappa shape index (κ2) is 13.5. The number of benzene rings is 1. The van der Waals surface area contributed by atoms with Gasteiger partial charge in [-0.25, -0.2) is 9.97 Å². The molecule has 40 heavy (non-hydrogen) atoms. The van der Waals surface area contributed by atoms with Crippen molar-refractivity contribution in [3.05, 3.63) is 64.3 Å². The molecule has 2 aliphatic heterocycles. The number of anilines is 1. The number of rotatable bonds is 9. The summed E-state index contributed by atoms with van der Waals surface area (Å²) in [5, 5.41) is 10.8. The third-order valence-electron chi connectivity index (χ3n) is 7.63. The van der Waals surface area contributed by atoms with Crippen LogP contribution in [0.5, 0.6) is 11.6 Å². The molecule has 2 fully saturated rings. The average Bonchev–Trinajstić information content (AvgIpc) is 2.93. The number of piperazine rings is 1. The second-order valence-electron chi connectivity index (χ2n) is 10.9. The molecule has 1 atom stereocenters. The van der Waals surface area contributed by atoms with Crippen molar-refractivity contribution in [2.24, 2.45) is 11.7 Å². The zero-order chi connectivity index (χ0) is 28.1. The van der Waals surface area contributed by atoms with Gasteiger partial charge in [-0.05, 0) is 87.3 Å². The first-order valence-corrected chi connectivity index (χ1v) is 14.8. The van der Waals surface area contributed by atoms with Crippen LogP contribution in [-0.4, -0.2) is 83.3 Å². The van der Waals surface area contributed by atoms with Crippen molar-refractivity contribution in [1.29, 1.82) is 0 Å². The maximum atomic E-state index is 9.66. The molecule has 3 aromatic rings. The van der Waals surface area contributed by atoms with E-state index in [1.807, 2.05) is 37.3 Å². The van der Waals surface area contributed by atoms with Gasteiger partial charge in [-0.15, -0.1) is 0 Å². The van der Waals surface area contributed by atoms with Crippen LogP contribution in [0.15, 0.2) is 48.7 Å². The Morgan fingerprint density at radius 1 is 0.975 bits per heavy atom. The molecule has 0 saturated carbocycles. The smallest absolute Gasteiger partial charge is 0.220 e. The highest BCUT2D eigenvalue weighted by Crippen LogP contribution is 2.31. The van der Waals surface area contributed by atoms with Crippen LogP contribution in [0.1, 0.15) is 25.3 Å². The molecule has 10 heteroatoms. The van der Waals surface area contributed by atoms with Gasteiger partial charge in [-0.1, -0.05) is 23.2 Å². The molecule has 2 aliphatic rings. The third-order valence-corrected chi connectivity index (χ3v) is 8.06. The van der Waals surface area contributed by atoms with E-state index in [0.29, 0.717) is 34.1 Å². The third kappa shape index (κ3) is 7.84. The summed E-state index contributed by atoms with van der Waals surface area (Å²) < 4.78 is 6.24. The van der Waals surface area contributed by atoms with Gasteiger partial charge < -0.3 is 20.5 Å². The predicted octanol–water partition coefficient (Wildman–Crippen LogP) is 4.92. The van der Waals surface area contributed by atoms with Gasteiger partial charge >= 0.3 is 0 Å². The molecule has 3 N–H and O–H groups in total. The van der Waals surface area contributed by atoms with Crippen LogP contribution in [0.4, 0.5) is 5.82 Å². The van der Waals surface area contributed by atoms with E-state index in [-0.39, 0.29) is 6.10 Å². The summed E-state index contributed by atoms with van der Waals surface area (Å²) in [6.45, 7) is 9.70. The Labute approximate surface area is 246 Å². The number of hydrogen-bond acceptors (Lipinski definition) is 8. The zero-order valence-corrected chi connectivity index (χ0v) is 24.5. The van der Waals surface area contributed by atoms with E-state index in [9.17, 15) is 5.11 Å². The highest BCUT2D eigenvalue weighted by atomic mass is 35.5. The number of β-amino-alcohol motifs (C(OH)–C–C–N with tert-alkyl or cyclic N) is 1. The van der Waals surface area contributed by atoms with E-state index >= 15 is 0 Å². The lowest BCUT2D eigenvalue weighted by atomic mass is 9.97. The summed E-state index contributed by atoms with van der Waals surface area (Å²) >= 11 is 12.6. The van der Waals surface area contributed by atoms with Crippen LogP contribution >= 0.6 is 23.2 Å². The van der Waals surface area contributed by atoms with Crippen molar-refractivity contribution in [3.8, 4) is 22.9 Å². The molecule has 2 aromatic heterocycles. The Hall–Kier alpha value is -2.46. The van der Waals surface area contributed by atoms with Crippen LogP contribution in [0, 0.1) is 5.92 Å². The van der Waals surface area contributed by atoms with E-state index in [4.69, 9.17) is 38.7 Å². The number of ether oxygens (including phenoxy) is 1. The van der Waals surface area contributed by atoms with Gasteiger partial charge in [0.05, 0.1) is 18.0 Å². The maximum absolute atomic E-state index is 9.66. The fourth-order valence-corrected chi connectivity index (χ4v) is 5.99. The first-order valence-electron chi connectivity index (χ1n) is 14.0. The molecule has 1 unspecified atom stereocenters. The number of hydrogen-bond donors (Lipinski definition) is 2. The molecule has 214 valence electrons. The molecule has 0 radical (unpaired) electrons. The van der Waals surface area contributed by atoms with Crippen molar-refractivity contribution >= 4 is 29.0 Å². The van der Waals surface area contributed by atoms with Crippen molar-refractivity contribution in [3.63, 3.8) is 0 Å². The highest BCUT2D eigenvalue weighted by Gasteiger charge is 2.20. The topological polar surface area (TPSA) is 91.0 Å². The molecule has 0 bridgehead atoms. The minimum Gasteiger partial charge on any atom is -0.437 e. The summed E-state index contributed by atoms with van der Waals surface area (Å²) in [5.74, 6) is 2.66. The van der Waals surface area contributed by atoms with Gasteiger partial charge in [-0.3, -0.25) is 9.80 Å². The summed E-state index contributed by atoms with van der Waals surface area (Å²) in [7, 11) is 0. The number of aliphatic hydroxyl groups excluding tert-OH is 1. The van der Waals surface area contributed by atoms with E-state index < -0.39 is 0 Å². The van der Waals surface area contributed by atoms with Gasteiger partial charge in [-0.2, -0.15) is 0 Å². The SMILES string of the molecule is CC(O)CN1CCN(c2ccc(Oc3cc(CN4CCC(CN)CC4)cc(-c4cc(Cl)cc(Cl)c4)n3)cn2)CC1. The minimum absolute atomic E-state index is 0.312. The molecule has 0 amide bonds. The number of piperidine rings is 1.